The minimum absolute atomic E-state index is 0.00142. The number of amides is 1. The second-order valence-electron chi connectivity index (χ2n) is 5.33. The third-order valence-electron chi connectivity index (χ3n) is 3.95. The van der Waals surface area contributed by atoms with Gasteiger partial charge in [0.15, 0.2) is 0 Å². The largest absolute Gasteiger partial charge is 0.462 e. The topological polar surface area (TPSA) is 81.4 Å². The molecular weight excluding hydrogens is 288 g/mol. The molecule has 1 aromatic rings. The monoisotopic (exact) mass is 310 g/mol. The second-order valence-corrected chi connectivity index (χ2v) is 6.24. The third-order valence-corrected chi connectivity index (χ3v) is 4.78. The van der Waals surface area contributed by atoms with Crippen LogP contribution in [0, 0.1) is 11.8 Å². The summed E-state index contributed by atoms with van der Waals surface area (Å²) in [6.07, 6.45) is 3.75. The lowest BCUT2D eigenvalue weighted by Gasteiger charge is -2.26. The molecule has 0 saturated heterocycles. The van der Waals surface area contributed by atoms with Crippen LogP contribution in [-0.4, -0.2) is 25.0 Å². The predicted molar refractivity (Wildman–Crippen MR) is 83.4 cm³/mol. The summed E-state index contributed by atoms with van der Waals surface area (Å²) in [5.41, 5.74) is 6.10. The minimum atomic E-state index is -0.388. The van der Waals surface area contributed by atoms with Crippen molar-refractivity contribution in [3.8, 4) is 0 Å². The van der Waals surface area contributed by atoms with E-state index in [9.17, 15) is 9.59 Å². The summed E-state index contributed by atoms with van der Waals surface area (Å²) < 4.78 is 4.99. The summed E-state index contributed by atoms with van der Waals surface area (Å²) in [6, 6.07) is 1.68. The first-order valence-electron chi connectivity index (χ1n) is 7.41. The van der Waals surface area contributed by atoms with Gasteiger partial charge in [0.25, 0.3) is 0 Å². The van der Waals surface area contributed by atoms with E-state index in [4.69, 9.17) is 10.5 Å². The lowest BCUT2D eigenvalue weighted by atomic mass is 9.81. The number of hydrogen-bond acceptors (Lipinski definition) is 5. The fourth-order valence-electron chi connectivity index (χ4n) is 2.65. The summed E-state index contributed by atoms with van der Waals surface area (Å²) in [4.78, 5) is 24.1. The molecule has 1 amide bonds. The lowest BCUT2D eigenvalue weighted by molar-refractivity contribution is -0.121. The van der Waals surface area contributed by atoms with Crippen LogP contribution in [-0.2, 0) is 9.53 Å². The molecule has 1 aliphatic carbocycles. The Morgan fingerprint density at radius 1 is 1.38 bits per heavy atom. The van der Waals surface area contributed by atoms with E-state index in [-0.39, 0.29) is 17.8 Å². The van der Waals surface area contributed by atoms with Crippen molar-refractivity contribution in [2.75, 3.05) is 18.5 Å². The smallest absolute Gasteiger partial charge is 0.341 e. The molecule has 6 heteroatoms. The Morgan fingerprint density at radius 2 is 2.10 bits per heavy atom. The molecule has 116 valence electrons. The van der Waals surface area contributed by atoms with Crippen LogP contribution in [0.15, 0.2) is 11.4 Å². The van der Waals surface area contributed by atoms with E-state index in [0.29, 0.717) is 29.6 Å². The van der Waals surface area contributed by atoms with Crippen molar-refractivity contribution < 1.29 is 14.3 Å². The maximum absolute atomic E-state index is 12.3. The average Bonchev–Trinajstić information content (AvgIpc) is 2.95. The molecule has 1 fully saturated rings. The number of nitrogens with one attached hydrogen (secondary N) is 1. The Bertz CT molecular complexity index is 493. The van der Waals surface area contributed by atoms with Crippen molar-refractivity contribution in [1.82, 2.24) is 0 Å². The van der Waals surface area contributed by atoms with E-state index in [1.807, 2.05) is 0 Å². The molecule has 21 heavy (non-hydrogen) atoms. The van der Waals surface area contributed by atoms with E-state index >= 15 is 0 Å². The summed E-state index contributed by atoms with van der Waals surface area (Å²) >= 11 is 1.35. The maximum Gasteiger partial charge on any atom is 0.341 e. The van der Waals surface area contributed by atoms with E-state index in [0.717, 1.165) is 25.7 Å². The van der Waals surface area contributed by atoms with Gasteiger partial charge < -0.3 is 15.8 Å². The molecule has 0 aromatic carbocycles. The summed E-state index contributed by atoms with van der Waals surface area (Å²) in [7, 11) is 0. The lowest BCUT2D eigenvalue weighted by Crippen LogP contribution is -2.29. The number of rotatable bonds is 5. The van der Waals surface area contributed by atoms with Gasteiger partial charge in [-0.05, 0) is 56.5 Å². The van der Waals surface area contributed by atoms with Gasteiger partial charge in [0.1, 0.15) is 5.00 Å². The summed E-state index contributed by atoms with van der Waals surface area (Å²) in [6.45, 7) is 2.79. The molecule has 1 aromatic heterocycles. The van der Waals surface area contributed by atoms with Crippen LogP contribution in [0.1, 0.15) is 43.0 Å². The number of carbonyl (C=O) groups is 2. The first-order valence-corrected chi connectivity index (χ1v) is 8.29. The van der Waals surface area contributed by atoms with Crippen LogP contribution in [0.5, 0.6) is 0 Å². The molecule has 3 N–H and O–H groups in total. The van der Waals surface area contributed by atoms with Crippen LogP contribution in [0.3, 0.4) is 0 Å². The van der Waals surface area contributed by atoms with Gasteiger partial charge >= 0.3 is 5.97 Å². The highest BCUT2D eigenvalue weighted by atomic mass is 32.1. The standard InChI is InChI=1S/C15H22N2O3S/c1-2-20-15(19)12-7-8-21-14(12)17-13(18)11-5-3-10(9-16)4-6-11/h7-8,10-11H,2-6,9,16H2,1H3,(H,17,18). The SMILES string of the molecule is CCOC(=O)c1ccsc1NC(=O)C1CCC(CN)CC1. The Morgan fingerprint density at radius 3 is 2.71 bits per heavy atom. The van der Waals surface area contributed by atoms with Crippen LogP contribution >= 0.6 is 11.3 Å². The first-order chi connectivity index (χ1) is 10.2. The van der Waals surface area contributed by atoms with Gasteiger partial charge in [0.05, 0.1) is 12.2 Å². The van der Waals surface area contributed by atoms with Gasteiger partial charge in [-0.2, -0.15) is 0 Å². The Labute approximate surface area is 128 Å². The fourth-order valence-corrected chi connectivity index (χ4v) is 3.43. The zero-order valence-electron chi connectivity index (χ0n) is 12.3. The highest BCUT2D eigenvalue weighted by Gasteiger charge is 2.27. The third kappa shape index (κ3) is 4.04. The summed E-state index contributed by atoms with van der Waals surface area (Å²) in [5, 5.41) is 5.25. The van der Waals surface area contributed by atoms with Crippen molar-refractivity contribution in [2.24, 2.45) is 17.6 Å². The normalized spacial score (nSPS) is 21.8. The van der Waals surface area contributed by atoms with E-state index in [1.165, 1.54) is 11.3 Å². The van der Waals surface area contributed by atoms with Crippen LogP contribution in [0.4, 0.5) is 5.00 Å². The number of carbonyl (C=O) groups excluding carboxylic acids is 2. The molecule has 2 rings (SSSR count). The molecule has 0 spiro atoms. The van der Waals surface area contributed by atoms with Crippen LogP contribution in [0.2, 0.25) is 0 Å². The quantitative estimate of drug-likeness (QED) is 0.819. The van der Waals surface area contributed by atoms with Crippen molar-refractivity contribution in [3.63, 3.8) is 0 Å². The Balaban J connectivity index is 1.94. The van der Waals surface area contributed by atoms with Gasteiger partial charge in [-0.3, -0.25) is 4.79 Å². The van der Waals surface area contributed by atoms with Crippen LogP contribution in [0.25, 0.3) is 0 Å². The molecule has 0 radical (unpaired) electrons. The number of esters is 1. The molecule has 0 atom stereocenters. The van der Waals surface area contributed by atoms with Crippen molar-refractivity contribution in [2.45, 2.75) is 32.6 Å². The van der Waals surface area contributed by atoms with E-state index in [2.05, 4.69) is 5.32 Å². The Kier molecular flexibility index (Phi) is 5.76. The molecule has 5 nitrogen and oxygen atoms in total. The molecular formula is C15H22N2O3S. The molecule has 0 aliphatic heterocycles. The fraction of sp³-hybridized carbons (Fsp3) is 0.600. The van der Waals surface area contributed by atoms with Crippen LogP contribution < -0.4 is 11.1 Å². The maximum atomic E-state index is 12.3. The van der Waals surface area contributed by atoms with Crippen molar-refractivity contribution in [1.29, 1.82) is 0 Å². The average molecular weight is 310 g/mol. The Hall–Kier alpha value is -1.40. The molecule has 1 heterocycles. The van der Waals surface area contributed by atoms with Gasteiger partial charge in [-0.15, -0.1) is 11.3 Å². The molecule has 1 aliphatic rings. The van der Waals surface area contributed by atoms with Gasteiger partial charge in [-0.25, -0.2) is 4.79 Å². The van der Waals surface area contributed by atoms with Gasteiger partial charge in [0, 0.05) is 5.92 Å². The van der Waals surface area contributed by atoms with Crippen molar-refractivity contribution >= 4 is 28.2 Å². The zero-order valence-corrected chi connectivity index (χ0v) is 13.1. The number of anilines is 1. The second kappa shape index (κ2) is 7.56. The van der Waals surface area contributed by atoms with Gasteiger partial charge in [0.2, 0.25) is 5.91 Å². The first kappa shape index (κ1) is 16.0. The highest BCUT2D eigenvalue weighted by Crippen LogP contribution is 2.30. The molecule has 0 bridgehead atoms. The highest BCUT2D eigenvalue weighted by molar-refractivity contribution is 7.14. The summed E-state index contributed by atoms with van der Waals surface area (Å²) in [5.74, 6) is 0.176. The number of thiophene rings is 1. The van der Waals surface area contributed by atoms with E-state index < -0.39 is 0 Å². The minimum Gasteiger partial charge on any atom is -0.462 e. The number of ether oxygens (including phenoxy) is 1. The number of nitrogens with two attached hydrogens (primary N) is 1. The van der Waals surface area contributed by atoms with Gasteiger partial charge in [-0.1, -0.05) is 0 Å². The predicted octanol–water partition coefficient (Wildman–Crippen LogP) is 2.63. The van der Waals surface area contributed by atoms with E-state index in [1.54, 1.807) is 18.4 Å². The van der Waals surface area contributed by atoms with Crippen molar-refractivity contribution in [3.05, 3.63) is 17.0 Å². The zero-order chi connectivity index (χ0) is 15.2. The molecule has 0 unspecified atom stereocenters. The molecule has 1 saturated carbocycles. The number of hydrogen-bond donors (Lipinski definition) is 2.